The zero-order chi connectivity index (χ0) is 13.2. The fourth-order valence-electron chi connectivity index (χ4n) is 1.85. The molecule has 1 fully saturated rings. The van der Waals surface area contributed by atoms with Gasteiger partial charge in [-0.25, -0.2) is 8.78 Å². The summed E-state index contributed by atoms with van der Waals surface area (Å²) in [4.78, 5) is 12.5. The van der Waals surface area contributed by atoms with E-state index in [0.717, 1.165) is 11.3 Å². The normalized spacial score (nSPS) is 26.1. The fourth-order valence-corrected chi connectivity index (χ4v) is 1.85. The van der Waals surface area contributed by atoms with Crippen molar-refractivity contribution in [3.63, 3.8) is 0 Å². The summed E-state index contributed by atoms with van der Waals surface area (Å²) >= 11 is 0. The molecule has 0 aromatic rings. The van der Waals surface area contributed by atoms with Crippen LogP contribution in [0.25, 0.3) is 0 Å². The molecule has 17 heavy (non-hydrogen) atoms. The molecule has 1 aliphatic heterocycles. The smallest absolute Gasteiger partial charge is 0.320 e. The first-order valence-electron chi connectivity index (χ1n) is 5.52. The van der Waals surface area contributed by atoms with Gasteiger partial charge in [-0.2, -0.15) is 8.78 Å². The summed E-state index contributed by atoms with van der Waals surface area (Å²) in [5.74, 6) is -4.69. The highest BCUT2D eigenvalue weighted by Crippen LogP contribution is 2.26. The lowest BCUT2D eigenvalue weighted by molar-refractivity contribution is -0.156. The molecule has 1 saturated heterocycles. The van der Waals surface area contributed by atoms with Crippen LogP contribution in [0.3, 0.4) is 0 Å². The lowest BCUT2D eigenvalue weighted by Gasteiger charge is -2.25. The van der Waals surface area contributed by atoms with Crippen molar-refractivity contribution >= 4 is 5.91 Å². The molecule has 0 aromatic carbocycles. The van der Waals surface area contributed by atoms with Crippen molar-refractivity contribution in [3.8, 4) is 0 Å². The van der Waals surface area contributed by atoms with Gasteiger partial charge in [-0.05, 0) is 13.3 Å². The Balaban J connectivity index is 2.69. The average Bonchev–Trinajstić information content (AvgIpc) is 2.46. The van der Waals surface area contributed by atoms with E-state index in [-0.39, 0.29) is 0 Å². The second kappa shape index (κ2) is 5.20. The summed E-state index contributed by atoms with van der Waals surface area (Å²) < 4.78 is 49.9. The van der Waals surface area contributed by atoms with Crippen LogP contribution in [0.2, 0.25) is 0 Å². The van der Waals surface area contributed by atoms with Gasteiger partial charge < -0.3 is 4.90 Å². The number of hydrogen-bond acceptors (Lipinski definition) is 2. The van der Waals surface area contributed by atoms with E-state index in [1.54, 1.807) is 0 Å². The lowest BCUT2D eigenvalue weighted by Crippen LogP contribution is -2.46. The third-order valence-electron chi connectivity index (χ3n) is 2.77. The van der Waals surface area contributed by atoms with Crippen molar-refractivity contribution in [3.05, 3.63) is 0 Å². The molecule has 2 unspecified atom stereocenters. The second-order valence-corrected chi connectivity index (χ2v) is 4.21. The Morgan fingerprint density at radius 2 is 2.06 bits per heavy atom. The van der Waals surface area contributed by atoms with E-state index in [4.69, 9.17) is 0 Å². The number of alkyl halides is 4. The van der Waals surface area contributed by atoms with E-state index in [1.165, 1.54) is 6.92 Å². The van der Waals surface area contributed by atoms with Gasteiger partial charge in [0.05, 0.1) is 18.8 Å². The quantitative estimate of drug-likeness (QED) is 0.761. The molecular weight excluding hydrogens is 240 g/mol. The number of nitrogens with one attached hydrogen (secondary N) is 1. The topological polar surface area (TPSA) is 32.3 Å². The SMILES string of the molecule is CCCC1NC(C)N(CC(F)(F)C(F)F)C1=O. The molecule has 0 aliphatic carbocycles. The Labute approximate surface area is 97.2 Å². The Morgan fingerprint density at radius 3 is 2.53 bits per heavy atom. The maximum Gasteiger partial charge on any atom is 0.324 e. The minimum absolute atomic E-state index is 0.514. The molecule has 1 N–H and O–H groups in total. The highest BCUT2D eigenvalue weighted by molar-refractivity contribution is 5.84. The molecule has 0 saturated carbocycles. The summed E-state index contributed by atoms with van der Waals surface area (Å²) in [5.41, 5.74) is 0. The van der Waals surface area contributed by atoms with Crippen molar-refractivity contribution in [2.75, 3.05) is 6.54 Å². The van der Waals surface area contributed by atoms with Crippen molar-refractivity contribution in [2.45, 2.75) is 51.2 Å². The summed E-state index contributed by atoms with van der Waals surface area (Å²) in [6, 6.07) is -0.538. The van der Waals surface area contributed by atoms with Gasteiger partial charge >= 0.3 is 12.3 Å². The minimum Gasteiger partial charge on any atom is -0.320 e. The van der Waals surface area contributed by atoms with Crippen molar-refractivity contribution in [2.24, 2.45) is 0 Å². The zero-order valence-electron chi connectivity index (χ0n) is 9.72. The molecule has 0 radical (unpaired) electrons. The first-order valence-corrected chi connectivity index (χ1v) is 5.52. The molecule has 0 aromatic heterocycles. The van der Waals surface area contributed by atoms with Gasteiger partial charge in [0.2, 0.25) is 5.91 Å². The van der Waals surface area contributed by atoms with Crippen LogP contribution in [0.1, 0.15) is 26.7 Å². The number of carbonyl (C=O) groups is 1. The third-order valence-corrected chi connectivity index (χ3v) is 2.77. The zero-order valence-corrected chi connectivity index (χ0v) is 9.72. The first-order chi connectivity index (χ1) is 7.79. The van der Waals surface area contributed by atoms with Crippen LogP contribution in [0, 0.1) is 0 Å². The summed E-state index contributed by atoms with van der Waals surface area (Å²) in [7, 11) is 0. The van der Waals surface area contributed by atoms with Crippen LogP contribution in [0.15, 0.2) is 0 Å². The predicted octanol–water partition coefficient (Wildman–Crippen LogP) is 1.83. The van der Waals surface area contributed by atoms with Gasteiger partial charge in [-0.3, -0.25) is 10.1 Å². The molecule has 0 bridgehead atoms. The van der Waals surface area contributed by atoms with Crippen LogP contribution < -0.4 is 5.32 Å². The van der Waals surface area contributed by atoms with Gasteiger partial charge in [0, 0.05) is 0 Å². The van der Waals surface area contributed by atoms with Crippen LogP contribution in [-0.2, 0) is 4.79 Å². The molecule has 1 rings (SSSR count). The number of halogens is 4. The molecular formula is C10H16F4N2O. The van der Waals surface area contributed by atoms with Gasteiger partial charge in [0.25, 0.3) is 0 Å². The Morgan fingerprint density at radius 1 is 1.47 bits per heavy atom. The summed E-state index contributed by atoms with van der Waals surface area (Å²) in [6.45, 7) is 2.13. The van der Waals surface area contributed by atoms with E-state index in [2.05, 4.69) is 5.32 Å². The lowest BCUT2D eigenvalue weighted by atomic mass is 10.1. The molecule has 1 amide bonds. The summed E-state index contributed by atoms with van der Waals surface area (Å²) in [5, 5.41) is 2.81. The van der Waals surface area contributed by atoms with Gasteiger partial charge in [0.15, 0.2) is 0 Å². The highest BCUT2D eigenvalue weighted by atomic mass is 19.3. The minimum atomic E-state index is -4.16. The molecule has 7 heteroatoms. The van der Waals surface area contributed by atoms with Gasteiger partial charge in [-0.1, -0.05) is 13.3 Å². The maximum atomic E-state index is 12.9. The fraction of sp³-hybridized carbons (Fsp3) is 0.900. The number of nitrogens with zero attached hydrogens (tertiary/aromatic N) is 1. The molecule has 1 heterocycles. The average molecular weight is 256 g/mol. The molecule has 1 aliphatic rings. The third kappa shape index (κ3) is 3.08. The molecule has 2 atom stereocenters. The number of amides is 1. The Kier molecular flexibility index (Phi) is 4.35. The van der Waals surface area contributed by atoms with Gasteiger partial charge in [0.1, 0.15) is 0 Å². The number of rotatable bonds is 5. The maximum absolute atomic E-state index is 12.9. The van der Waals surface area contributed by atoms with Gasteiger partial charge in [-0.15, -0.1) is 0 Å². The van der Waals surface area contributed by atoms with Crippen LogP contribution in [0.5, 0.6) is 0 Å². The van der Waals surface area contributed by atoms with E-state index in [9.17, 15) is 22.4 Å². The van der Waals surface area contributed by atoms with E-state index in [0.29, 0.717) is 6.42 Å². The summed E-state index contributed by atoms with van der Waals surface area (Å²) in [6.07, 6.45) is -3.16. The van der Waals surface area contributed by atoms with Crippen LogP contribution in [-0.4, -0.2) is 41.9 Å². The van der Waals surface area contributed by atoms with Crippen LogP contribution >= 0.6 is 0 Å². The van der Waals surface area contributed by atoms with E-state index in [1.807, 2.05) is 6.92 Å². The van der Waals surface area contributed by atoms with Crippen molar-refractivity contribution < 1.29 is 22.4 Å². The standard InChI is InChI=1S/C10H16F4N2O/c1-3-4-7-8(17)16(6(2)15-7)5-10(13,14)9(11)12/h6-7,9,15H,3-5H2,1-2H3. The Hall–Kier alpha value is -0.850. The molecule has 3 nitrogen and oxygen atoms in total. The van der Waals surface area contributed by atoms with E-state index >= 15 is 0 Å². The predicted molar refractivity (Wildman–Crippen MR) is 54.0 cm³/mol. The Bertz CT molecular complexity index is 285. The molecule has 100 valence electrons. The first kappa shape index (κ1) is 14.2. The number of carbonyl (C=O) groups excluding carboxylic acids is 1. The van der Waals surface area contributed by atoms with Crippen molar-refractivity contribution in [1.29, 1.82) is 0 Å². The van der Waals surface area contributed by atoms with Crippen LogP contribution in [0.4, 0.5) is 17.6 Å². The van der Waals surface area contributed by atoms with Crippen molar-refractivity contribution in [1.82, 2.24) is 10.2 Å². The second-order valence-electron chi connectivity index (χ2n) is 4.21. The highest BCUT2D eigenvalue weighted by Gasteiger charge is 2.47. The monoisotopic (exact) mass is 256 g/mol. The largest absolute Gasteiger partial charge is 0.324 e. The van der Waals surface area contributed by atoms with E-state index < -0.39 is 37.0 Å². The number of hydrogen-bond donors (Lipinski definition) is 1. The molecule has 0 spiro atoms.